The van der Waals surface area contributed by atoms with Crippen molar-refractivity contribution in [3.05, 3.63) is 0 Å². The second kappa shape index (κ2) is 8.02. The molecular formula is C14H28N2O3. The zero-order chi connectivity index (χ0) is 15.1. The summed E-state index contributed by atoms with van der Waals surface area (Å²) in [4.78, 5) is 22.5. The van der Waals surface area contributed by atoms with Crippen LogP contribution in [0.4, 0.5) is 4.79 Å². The lowest BCUT2D eigenvalue weighted by Gasteiger charge is -2.19. The Bertz CT molecular complexity index is 296. The first-order chi connectivity index (χ1) is 8.61. The summed E-state index contributed by atoms with van der Waals surface area (Å²) >= 11 is 0. The first kappa shape index (κ1) is 17.7. The van der Waals surface area contributed by atoms with Gasteiger partial charge < -0.3 is 15.7 Å². The van der Waals surface area contributed by atoms with E-state index in [4.69, 9.17) is 5.11 Å². The van der Waals surface area contributed by atoms with Gasteiger partial charge in [-0.1, -0.05) is 34.6 Å². The van der Waals surface area contributed by atoms with Crippen LogP contribution in [0.3, 0.4) is 0 Å². The van der Waals surface area contributed by atoms with E-state index in [0.717, 1.165) is 6.42 Å². The number of rotatable bonds is 7. The van der Waals surface area contributed by atoms with Crippen molar-refractivity contribution in [2.45, 2.75) is 47.5 Å². The summed E-state index contributed by atoms with van der Waals surface area (Å²) in [6.45, 7) is 11.0. The maximum absolute atomic E-state index is 11.5. The fraction of sp³-hybridized carbons (Fsp3) is 0.857. The highest BCUT2D eigenvalue weighted by Crippen LogP contribution is 2.16. The molecule has 5 heteroatoms. The van der Waals surface area contributed by atoms with Crippen molar-refractivity contribution in [2.75, 3.05) is 13.1 Å². The van der Waals surface area contributed by atoms with Crippen LogP contribution >= 0.6 is 0 Å². The second-order valence-electron chi connectivity index (χ2n) is 6.61. The molecule has 1 atom stereocenters. The number of carbonyl (C=O) groups excluding carboxylic acids is 1. The van der Waals surface area contributed by atoms with Gasteiger partial charge >= 0.3 is 12.0 Å². The van der Waals surface area contributed by atoms with E-state index in [2.05, 4.69) is 31.4 Å². The van der Waals surface area contributed by atoms with E-state index in [9.17, 15) is 9.59 Å². The predicted octanol–water partition coefficient (Wildman–Crippen LogP) is 2.47. The summed E-state index contributed by atoms with van der Waals surface area (Å²) in [5.74, 6) is -1.08. The molecule has 19 heavy (non-hydrogen) atoms. The van der Waals surface area contributed by atoms with Crippen LogP contribution in [0.25, 0.3) is 0 Å². The standard InChI is InChI=1S/C14H28N2O3/c1-10(2)8-11(12(17)18)9-16-13(19)15-7-6-14(3,4)5/h10-11H,6-9H2,1-5H3,(H,17,18)(H2,15,16,19). The van der Waals surface area contributed by atoms with Crippen molar-refractivity contribution in [1.29, 1.82) is 0 Å². The Morgan fingerprint density at radius 2 is 1.74 bits per heavy atom. The van der Waals surface area contributed by atoms with Crippen LogP contribution < -0.4 is 10.6 Å². The number of carboxylic acid groups (broad SMARTS) is 1. The van der Waals surface area contributed by atoms with Crippen molar-refractivity contribution in [2.24, 2.45) is 17.3 Å². The Kier molecular flexibility index (Phi) is 7.49. The lowest BCUT2D eigenvalue weighted by Crippen LogP contribution is -2.41. The molecule has 0 rings (SSSR count). The topological polar surface area (TPSA) is 78.4 Å². The Balaban J connectivity index is 3.95. The van der Waals surface area contributed by atoms with Gasteiger partial charge in [0.2, 0.25) is 0 Å². The van der Waals surface area contributed by atoms with Crippen molar-refractivity contribution in [3.63, 3.8) is 0 Å². The van der Waals surface area contributed by atoms with Crippen LogP contribution in [0.15, 0.2) is 0 Å². The molecule has 0 saturated heterocycles. The fourth-order valence-corrected chi connectivity index (χ4v) is 1.67. The number of nitrogens with one attached hydrogen (secondary N) is 2. The summed E-state index contributed by atoms with van der Waals surface area (Å²) in [6, 6.07) is -0.292. The largest absolute Gasteiger partial charge is 0.481 e. The minimum Gasteiger partial charge on any atom is -0.481 e. The molecule has 112 valence electrons. The van der Waals surface area contributed by atoms with E-state index < -0.39 is 11.9 Å². The summed E-state index contributed by atoms with van der Waals surface area (Å²) < 4.78 is 0. The van der Waals surface area contributed by atoms with Gasteiger partial charge in [0.25, 0.3) is 0 Å². The lowest BCUT2D eigenvalue weighted by molar-refractivity contribution is -0.142. The molecule has 5 nitrogen and oxygen atoms in total. The van der Waals surface area contributed by atoms with Crippen LogP contribution in [0.1, 0.15) is 47.5 Å². The average Bonchev–Trinajstić information content (AvgIpc) is 2.21. The van der Waals surface area contributed by atoms with Gasteiger partial charge in [0, 0.05) is 13.1 Å². The molecule has 1 unspecified atom stereocenters. The maximum atomic E-state index is 11.5. The lowest BCUT2D eigenvalue weighted by atomic mass is 9.92. The van der Waals surface area contributed by atoms with Crippen LogP contribution in [0.5, 0.6) is 0 Å². The van der Waals surface area contributed by atoms with Gasteiger partial charge in [-0.15, -0.1) is 0 Å². The van der Waals surface area contributed by atoms with E-state index in [-0.39, 0.29) is 18.0 Å². The van der Waals surface area contributed by atoms with E-state index >= 15 is 0 Å². The minimum atomic E-state index is -0.858. The number of aliphatic carboxylic acids is 1. The van der Waals surface area contributed by atoms with Crippen molar-refractivity contribution in [3.8, 4) is 0 Å². The van der Waals surface area contributed by atoms with Crippen LogP contribution in [0, 0.1) is 17.3 Å². The summed E-state index contributed by atoms with van der Waals surface area (Å²) in [7, 11) is 0. The summed E-state index contributed by atoms with van der Waals surface area (Å²) in [5, 5.41) is 14.4. The van der Waals surface area contributed by atoms with Gasteiger partial charge in [-0.3, -0.25) is 4.79 Å². The molecule has 0 aliphatic carbocycles. The number of hydrogen-bond donors (Lipinski definition) is 3. The van der Waals surface area contributed by atoms with Gasteiger partial charge in [-0.2, -0.15) is 0 Å². The SMILES string of the molecule is CC(C)CC(CNC(=O)NCCC(C)(C)C)C(=O)O. The number of hydrogen-bond acceptors (Lipinski definition) is 2. The molecule has 0 aromatic heterocycles. The fourth-order valence-electron chi connectivity index (χ4n) is 1.67. The third-order valence-electron chi connectivity index (χ3n) is 2.77. The number of amides is 2. The number of urea groups is 1. The Hall–Kier alpha value is -1.26. The van der Waals surface area contributed by atoms with Gasteiger partial charge in [-0.05, 0) is 24.2 Å². The molecule has 3 N–H and O–H groups in total. The molecule has 0 aliphatic heterocycles. The first-order valence-electron chi connectivity index (χ1n) is 6.86. The highest BCUT2D eigenvalue weighted by molar-refractivity contribution is 5.75. The minimum absolute atomic E-state index is 0.175. The van der Waals surface area contributed by atoms with Gasteiger partial charge in [0.05, 0.1) is 5.92 Å². The summed E-state index contributed by atoms with van der Waals surface area (Å²) in [5.41, 5.74) is 0.175. The predicted molar refractivity (Wildman–Crippen MR) is 76.1 cm³/mol. The van der Waals surface area contributed by atoms with Crippen LogP contribution in [0.2, 0.25) is 0 Å². The van der Waals surface area contributed by atoms with Crippen LogP contribution in [-0.4, -0.2) is 30.2 Å². The second-order valence-corrected chi connectivity index (χ2v) is 6.61. The monoisotopic (exact) mass is 272 g/mol. The highest BCUT2D eigenvalue weighted by Gasteiger charge is 2.19. The number of carboxylic acids is 1. The highest BCUT2D eigenvalue weighted by atomic mass is 16.4. The molecule has 0 fully saturated rings. The maximum Gasteiger partial charge on any atom is 0.314 e. The van der Waals surface area contributed by atoms with Crippen molar-refractivity contribution >= 4 is 12.0 Å². The van der Waals surface area contributed by atoms with E-state index in [1.54, 1.807) is 0 Å². The van der Waals surface area contributed by atoms with E-state index in [0.29, 0.717) is 18.9 Å². The van der Waals surface area contributed by atoms with Crippen molar-refractivity contribution in [1.82, 2.24) is 10.6 Å². The first-order valence-corrected chi connectivity index (χ1v) is 6.86. The molecule has 0 aromatic rings. The Morgan fingerprint density at radius 3 is 2.16 bits per heavy atom. The Morgan fingerprint density at radius 1 is 1.16 bits per heavy atom. The third kappa shape index (κ3) is 10.4. The third-order valence-corrected chi connectivity index (χ3v) is 2.77. The molecule has 0 spiro atoms. The molecule has 0 aliphatic rings. The van der Waals surface area contributed by atoms with Gasteiger partial charge in [0.1, 0.15) is 0 Å². The Labute approximate surface area is 116 Å². The quantitative estimate of drug-likeness (QED) is 0.666. The number of carbonyl (C=O) groups is 2. The van der Waals surface area contributed by atoms with Crippen molar-refractivity contribution < 1.29 is 14.7 Å². The molecule has 2 amide bonds. The summed E-state index contributed by atoms with van der Waals surface area (Å²) in [6.07, 6.45) is 1.45. The molecule has 0 aromatic carbocycles. The normalized spacial score (nSPS) is 13.2. The van der Waals surface area contributed by atoms with E-state index in [1.807, 2.05) is 13.8 Å². The van der Waals surface area contributed by atoms with Gasteiger partial charge in [0.15, 0.2) is 0 Å². The zero-order valence-corrected chi connectivity index (χ0v) is 12.7. The van der Waals surface area contributed by atoms with E-state index in [1.165, 1.54) is 0 Å². The molecule has 0 heterocycles. The van der Waals surface area contributed by atoms with Gasteiger partial charge in [-0.25, -0.2) is 4.79 Å². The smallest absolute Gasteiger partial charge is 0.314 e. The molecule has 0 radical (unpaired) electrons. The molecular weight excluding hydrogens is 244 g/mol. The zero-order valence-electron chi connectivity index (χ0n) is 12.7. The molecule has 0 bridgehead atoms. The van der Waals surface area contributed by atoms with Crippen LogP contribution in [-0.2, 0) is 4.79 Å². The molecule has 0 saturated carbocycles. The average molecular weight is 272 g/mol.